The molecule has 2 heterocycles. The predicted molar refractivity (Wildman–Crippen MR) is 122 cm³/mol. The molecule has 0 spiro atoms. The SMILES string of the molecule is CCc1ccc(CCOc2ccc(CC3SC(=O)NC3=O)cc2)nc1.O=C(O)/C=C\C(=O)O. The quantitative estimate of drug-likeness (QED) is 0.469. The van der Waals surface area contributed by atoms with Gasteiger partial charge in [0.05, 0.1) is 11.9 Å². The van der Waals surface area contributed by atoms with Crippen LogP contribution in [0, 0.1) is 0 Å². The van der Waals surface area contributed by atoms with Gasteiger partial charge in [0.2, 0.25) is 5.91 Å². The van der Waals surface area contributed by atoms with Crippen LogP contribution in [0.4, 0.5) is 4.79 Å². The lowest BCUT2D eigenvalue weighted by atomic mass is 10.1. The molecule has 3 N–H and O–H groups in total. The minimum Gasteiger partial charge on any atom is -0.493 e. The molecular weight excluding hydrogens is 448 g/mol. The van der Waals surface area contributed by atoms with Crippen molar-refractivity contribution in [2.24, 2.45) is 0 Å². The summed E-state index contributed by atoms with van der Waals surface area (Å²) >= 11 is 1.05. The fraction of sp³-hybridized carbons (Fsp3) is 0.261. The van der Waals surface area contributed by atoms with Crippen molar-refractivity contribution in [3.05, 3.63) is 71.6 Å². The van der Waals surface area contributed by atoms with Gasteiger partial charge in [0.15, 0.2) is 0 Å². The van der Waals surface area contributed by atoms with Crippen molar-refractivity contribution in [2.45, 2.75) is 31.4 Å². The smallest absolute Gasteiger partial charge is 0.328 e. The predicted octanol–water partition coefficient (Wildman–Crippen LogP) is 2.87. The Morgan fingerprint density at radius 3 is 2.18 bits per heavy atom. The number of nitrogens with zero attached hydrogens (tertiary/aromatic N) is 1. The van der Waals surface area contributed by atoms with E-state index in [2.05, 4.69) is 23.3 Å². The van der Waals surface area contributed by atoms with E-state index in [-0.39, 0.29) is 16.4 Å². The van der Waals surface area contributed by atoms with Crippen molar-refractivity contribution in [1.29, 1.82) is 0 Å². The first-order chi connectivity index (χ1) is 15.8. The van der Waals surface area contributed by atoms with Gasteiger partial charge in [-0.2, -0.15) is 0 Å². The van der Waals surface area contributed by atoms with Gasteiger partial charge >= 0.3 is 11.9 Å². The second-order valence-electron chi connectivity index (χ2n) is 6.85. The van der Waals surface area contributed by atoms with Crippen molar-refractivity contribution >= 4 is 34.8 Å². The highest BCUT2D eigenvalue weighted by Crippen LogP contribution is 2.23. The molecule has 0 aliphatic carbocycles. The minimum atomic E-state index is -1.26. The van der Waals surface area contributed by atoms with Crippen LogP contribution in [0.2, 0.25) is 0 Å². The molecule has 3 rings (SSSR count). The first-order valence-corrected chi connectivity index (χ1v) is 11.0. The minimum absolute atomic E-state index is 0.211. The monoisotopic (exact) mass is 472 g/mol. The zero-order chi connectivity index (χ0) is 24.2. The molecule has 1 aliphatic rings. The Morgan fingerprint density at radius 2 is 1.70 bits per heavy atom. The molecule has 33 heavy (non-hydrogen) atoms. The lowest BCUT2D eigenvalue weighted by Gasteiger charge is -2.09. The Hall–Kier alpha value is -3.66. The molecule has 1 unspecified atom stereocenters. The summed E-state index contributed by atoms with van der Waals surface area (Å²) in [5.41, 5.74) is 3.25. The maximum atomic E-state index is 11.6. The molecule has 174 valence electrons. The number of amides is 2. The van der Waals surface area contributed by atoms with Gasteiger partial charge in [-0.1, -0.05) is 36.9 Å². The van der Waals surface area contributed by atoms with Crippen LogP contribution in [0.3, 0.4) is 0 Å². The lowest BCUT2D eigenvalue weighted by molar-refractivity contribution is -0.134. The summed E-state index contributed by atoms with van der Waals surface area (Å²) in [4.78, 5) is 46.3. The number of thioether (sulfide) groups is 1. The number of hydrogen-bond donors (Lipinski definition) is 3. The van der Waals surface area contributed by atoms with Gasteiger partial charge in [-0.15, -0.1) is 0 Å². The second-order valence-corrected chi connectivity index (χ2v) is 8.03. The topological polar surface area (TPSA) is 143 Å². The standard InChI is InChI=1S/C19H20N2O3S.C4H4O4/c1-2-13-3-6-15(20-12-13)9-10-24-16-7-4-14(5-8-16)11-17-18(22)21-19(23)25-17;5-3(6)1-2-4(7)8/h3-8,12,17H,2,9-11H2,1H3,(H,21,22,23);1-2H,(H,5,6)(H,7,8)/b;2-1-. The normalized spacial score (nSPS) is 15.0. The van der Waals surface area contributed by atoms with Crippen LogP contribution in [0.25, 0.3) is 0 Å². The van der Waals surface area contributed by atoms with Crippen LogP contribution in [0.15, 0.2) is 54.7 Å². The second kappa shape index (κ2) is 13.0. The van der Waals surface area contributed by atoms with E-state index < -0.39 is 11.9 Å². The summed E-state index contributed by atoms with van der Waals surface area (Å²) in [6.07, 6.45) is 5.31. The summed E-state index contributed by atoms with van der Waals surface area (Å²) in [5, 5.41) is 17.3. The van der Waals surface area contributed by atoms with Crippen molar-refractivity contribution in [3.63, 3.8) is 0 Å². The maximum absolute atomic E-state index is 11.6. The van der Waals surface area contributed by atoms with Gasteiger partial charge in [0, 0.05) is 30.5 Å². The highest BCUT2D eigenvalue weighted by molar-refractivity contribution is 8.15. The third-order valence-corrected chi connectivity index (χ3v) is 5.38. The zero-order valence-electron chi connectivity index (χ0n) is 17.9. The van der Waals surface area contributed by atoms with E-state index in [4.69, 9.17) is 14.9 Å². The number of pyridine rings is 1. The zero-order valence-corrected chi connectivity index (χ0v) is 18.7. The molecule has 1 fully saturated rings. The van der Waals surface area contributed by atoms with Crippen LogP contribution >= 0.6 is 11.8 Å². The Bertz CT molecular complexity index is 988. The number of aromatic nitrogens is 1. The van der Waals surface area contributed by atoms with Crippen molar-refractivity contribution in [3.8, 4) is 5.75 Å². The number of carboxylic acid groups (broad SMARTS) is 2. The Labute approximate surface area is 194 Å². The van der Waals surface area contributed by atoms with Crippen LogP contribution in [-0.2, 0) is 33.6 Å². The molecule has 9 nitrogen and oxygen atoms in total. The van der Waals surface area contributed by atoms with E-state index >= 15 is 0 Å². The van der Waals surface area contributed by atoms with Gasteiger partial charge in [-0.3, -0.25) is 19.9 Å². The summed E-state index contributed by atoms with van der Waals surface area (Å²) < 4.78 is 5.75. The average Bonchev–Trinajstić information content (AvgIpc) is 3.11. The molecule has 1 atom stereocenters. The molecule has 1 aromatic carbocycles. The highest BCUT2D eigenvalue weighted by atomic mass is 32.2. The van der Waals surface area contributed by atoms with Gasteiger partial charge in [0.1, 0.15) is 5.75 Å². The molecule has 2 amide bonds. The number of carbonyl (C=O) groups is 4. The highest BCUT2D eigenvalue weighted by Gasteiger charge is 2.31. The first-order valence-electron chi connectivity index (χ1n) is 10.1. The van der Waals surface area contributed by atoms with Gasteiger partial charge < -0.3 is 14.9 Å². The molecule has 1 aromatic heterocycles. The fourth-order valence-corrected chi connectivity index (χ4v) is 3.55. The third-order valence-electron chi connectivity index (χ3n) is 4.40. The van der Waals surface area contributed by atoms with Crippen LogP contribution in [-0.4, -0.2) is 50.1 Å². The summed E-state index contributed by atoms with van der Waals surface area (Å²) in [5.74, 6) is -1.94. The van der Waals surface area contributed by atoms with Gasteiger partial charge in [-0.25, -0.2) is 9.59 Å². The molecule has 0 radical (unpaired) electrons. The van der Waals surface area contributed by atoms with Gasteiger partial charge in [-0.05, 0) is 42.2 Å². The first kappa shape index (κ1) is 25.6. The molecule has 0 bridgehead atoms. The fourth-order valence-electron chi connectivity index (χ4n) is 2.69. The average molecular weight is 473 g/mol. The maximum Gasteiger partial charge on any atom is 0.328 e. The van der Waals surface area contributed by atoms with E-state index in [1.807, 2.05) is 36.5 Å². The number of rotatable bonds is 9. The largest absolute Gasteiger partial charge is 0.493 e. The lowest BCUT2D eigenvalue weighted by Crippen LogP contribution is -2.25. The number of nitrogens with one attached hydrogen (secondary N) is 1. The molecule has 2 aromatic rings. The van der Waals surface area contributed by atoms with Crippen molar-refractivity contribution in [2.75, 3.05) is 6.61 Å². The Kier molecular flexibility index (Phi) is 10.1. The van der Waals surface area contributed by atoms with Crippen molar-refractivity contribution < 1.29 is 34.1 Å². The van der Waals surface area contributed by atoms with E-state index in [9.17, 15) is 19.2 Å². The van der Waals surface area contributed by atoms with Gasteiger partial charge in [0.25, 0.3) is 5.24 Å². The van der Waals surface area contributed by atoms with E-state index in [1.165, 1.54) is 5.56 Å². The van der Waals surface area contributed by atoms with E-state index in [1.54, 1.807) is 0 Å². The molecule has 1 aliphatic heterocycles. The number of aryl methyl sites for hydroxylation is 1. The number of carbonyl (C=O) groups excluding carboxylic acids is 2. The summed E-state index contributed by atoms with van der Waals surface area (Å²) in [6.45, 7) is 2.67. The van der Waals surface area contributed by atoms with Crippen LogP contribution in [0.1, 0.15) is 23.7 Å². The Balaban J connectivity index is 0.000000414. The van der Waals surface area contributed by atoms with E-state index in [0.29, 0.717) is 25.2 Å². The summed E-state index contributed by atoms with van der Waals surface area (Å²) in [7, 11) is 0. The molecular formula is C23H24N2O7S. The van der Waals surface area contributed by atoms with Crippen LogP contribution in [0.5, 0.6) is 5.75 Å². The number of benzene rings is 1. The number of carboxylic acids is 2. The molecule has 0 saturated carbocycles. The Morgan fingerprint density at radius 1 is 1.06 bits per heavy atom. The van der Waals surface area contributed by atoms with Crippen molar-refractivity contribution in [1.82, 2.24) is 10.3 Å². The summed E-state index contributed by atoms with van der Waals surface area (Å²) in [6, 6.07) is 11.8. The van der Waals surface area contributed by atoms with E-state index in [0.717, 1.165) is 41.6 Å². The molecule has 10 heteroatoms. The number of imide groups is 1. The number of aliphatic carboxylic acids is 2. The molecule has 1 saturated heterocycles. The third kappa shape index (κ3) is 9.56. The van der Waals surface area contributed by atoms with Crippen LogP contribution < -0.4 is 10.1 Å². The number of hydrogen-bond acceptors (Lipinski definition) is 7. The number of ether oxygens (including phenoxy) is 1.